The molecule has 2 heterocycles. The summed E-state index contributed by atoms with van der Waals surface area (Å²) in [5, 5.41) is 0.883. The Morgan fingerprint density at radius 1 is 1.10 bits per heavy atom. The number of aromatic nitrogens is 1. The number of rotatable bonds is 5. The zero-order valence-corrected chi connectivity index (χ0v) is 16.8. The van der Waals surface area contributed by atoms with Crippen LogP contribution in [0.1, 0.15) is 11.1 Å². The van der Waals surface area contributed by atoms with E-state index in [9.17, 15) is 9.00 Å². The summed E-state index contributed by atoms with van der Waals surface area (Å²) in [5.41, 5.74) is 4.75. The molecule has 29 heavy (non-hydrogen) atoms. The maximum atomic E-state index is 12.1. The summed E-state index contributed by atoms with van der Waals surface area (Å²) < 4.78 is 30.4. The molecule has 0 saturated heterocycles. The molecule has 0 radical (unpaired) electrons. The van der Waals surface area contributed by atoms with Crippen LogP contribution in [0.2, 0.25) is 0 Å². The highest BCUT2D eigenvalue weighted by Crippen LogP contribution is 2.35. The quantitative estimate of drug-likeness (QED) is 0.489. The SMILES string of the molecule is Cc1cc(-c2cc(CNS(=O)O)cc3cc(-c4ccccc4)oc23)cn(C)c1=O. The van der Waals surface area contributed by atoms with E-state index < -0.39 is 11.3 Å². The van der Waals surface area contributed by atoms with Crippen molar-refractivity contribution in [2.45, 2.75) is 13.5 Å². The van der Waals surface area contributed by atoms with Crippen LogP contribution in [0.4, 0.5) is 0 Å². The Morgan fingerprint density at radius 2 is 1.86 bits per heavy atom. The molecule has 0 amide bonds. The second-order valence-corrected chi connectivity index (χ2v) is 7.72. The molecular formula is C22H20N2O4S. The first-order valence-electron chi connectivity index (χ1n) is 9.06. The Hall–Kier alpha value is -3.00. The maximum absolute atomic E-state index is 12.1. The van der Waals surface area contributed by atoms with Crippen LogP contribution in [-0.4, -0.2) is 13.3 Å². The molecule has 7 heteroatoms. The van der Waals surface area contributed by atoms with Gasteiger partial charge >= 0.3 is 0 Å². The van der Waals surface area contributed by atoms with E-state index >= 15 is 0 Å². The topological polar surface area (TPSA) is 84.5 Å². The molecule has 0 aliphatic rings. The van der Waals surface area contributed by atoms with Gasteiger partial charge in [0.15, 0.2) is 0 Å². The first kappa shape index (κ1) is 19.3. The van der Waals surface area contributed by atoms with Crippen LogP contribution >= 0.6 is 0 Å². The minimum absolute atomic E-state index is 0.0529. The van der Waals surface area contributed by atoms with Crippen molar-refractivity contribution < 1.29 is 13.2 Å². The molecular weight excluding hydrogens is 388 g/mol. The van der Waals surface area contributed by atoms with Crippen molar-refractivity contribution in [1.29, 1.82) is 0 Å². The van der Waals surface area contributed by atoms with Gasteiger partial charge in [-0.3, -0.25) is 9.35 Å². The van der Waals surface area contributed by atoms with Crippen molar-refractivity contribution >= 4 is 22.2 Å². The first-order valence-corrected chi connectivity index (χ1v) is 10.2. The summed E-state index contributed by atoms with van der Waals surface area (Å²) in [4.78, 5) is 12.1. The summed E-state index contributed by atoms with van der Waals surface area (Å²) in [7, 11) is 1.72. The smallest absolute Gasteiger partial charge is 0.253 e. The number of furan rings is 1. The molecule has 6 nitrogen and oxygen atoms in total. The predicted molar refractivity (Wildman–Crippen MR) is 115 cm³/mol. The average Bonchev–Trinajstić information content (AvgIpc) is 3.14. The fourth-order valence-electron chi connectivity index (χ4n) is 3.45. The van der Waals surface area contributed by atoms with Gasteiger partial charge in [-0.25, -0.2) is 8.93 Å². The lowest BCUT2D eigenvalue weighted by Gasteiger charge is -2.10. The second kappa shape index (κ2) is 7.79. The Labute approximate surface area is 170 Å². The third-order valence-corrected chi connectivity index (χ3v) is 5.20. The molecule has 1 atom stereocenters. The highest BCUT2D eigenvalue weighted by Gasteiger charge is 2.15. The zero-order chi connectivity index (χ0) is 20.5. The minimum Gasteiger partial charge on any atom is -0.455 e. The summed E-state index contributed by atoms with van der Waals surface area (Å²) in [5.74, 6) is 0.735. The van der Waals surface area contributed by atoms with Gasteiger partial charge in [0.1, 0.15) is 11.3 Å². The van der Waals surface area contributed by atoms with E-state index in [1.807, 2.05) is 54.6 Å². The van der Waals surface area contributed by atoms with E-state index in [0.29, 0.717) is 11.1 Å². The Bertz CT molecular complexity index is 1250. The summed E-state index contributed by atoms with van der Waals surface area (Å²) in [6.07, 6.45) is 1.77. The maximum Gasteiger partial charge on any atom is 0.253 e. The number of hydrogen-bond acceptors (Lipinski definition) is 3. The molecule has 0 aliphatic heterocycles. The van der Waals surface area contributed by atoms with Gasteiger partial charge in [-0.15, -0.1) is 0 Å². The van der Waals surface area contributed by atoms with Crippen LogP contribution in [0.3, 0.4) is 0 Å². The Balaban J connectivity index is 1.93. The van der Waals surface area contributed by atoms with Crippen molar-refractivity contribution in [1.82, 2.24) is 9.29 Å². The first-order chi connectivity index (χ1) is 13.9. The third kappa shape index (κ3) is 3.93. The van der Waals surface area contributed by atoms with Crippen molar-refractivity contribution in [3.8, 4) is 22.5 Å². The van der Waals surface area contributed by atoms with Gasteiger partial charge in [-0.2, -0.15) is 0 Å². The van der Waals surface area contributed by atoms with E-state index in [0.717, 1.165) is 33.4 Å². The van der Waals surface area contributed by atoms with Gasteiger partial charge < -0.3 is 8.98 Å². The van der Waals surface area contributed by atoms with Crippen LogP contribution in [0.5, 0.6) is 0 Å². The van der Waals surface area contributed by atoms with Gasteiger partial charge in [0.25, 0.3) is 5.56 Å². The zero-order valence-electron chi connectivity index (χ0n) is 16.0. The average molecular weight is 408 g/mol. The molecule has 4 aromatic rings. The molecule has 0 bridgehead atoms. The summed E-state index contributed by atoms with van der Waals surface area (Å²) in [6, 6.07) is 17.5. The van der Waals surface area contributed by atoms with E-state index in [-0.39, 0.29) is 12.1 Å². The van der Waals surface area contributed by atoms with Crippen molar-refractivity contribution in [3.05, 3.63) is 82.3 Å². The number of pyridine rings is 1. The van der Waals surface area contributed by atoms with Crippen LogP contribution in [0.15, 0.2) is 70.0 Å². The molecule has 0 spiro atoms. The molecule has 0 saturated carbocycles. The summed E-state index contributed by atoms with van der Waals surface area (Å²) in [6.45, 7) is 2.00. The van der Waals surface area contributed by atoms with Crippen LogP contribution in [0, 0.1) is 6.92 Å². The molecule has 2 aromatic carbocycles. The largest absolute Gasteiger partial charge is 0.455 e. The van der Waals surface area contributed by atoms with Crippen molar-refractivity contribution in [2.24, 2.45) is 7.05 Å². The van der Waals surface area contributed by atoms with Gasteiger partial charge in [0.05, 0.1) is 0 Å². The lowest BCUT2D eigenvalue weighted by Crippen LogP contribution is -2.18. The molecule has 0 aliphatic carbocycles. The molecule has 1 unspecified atom stereocenters. The Morgan fingerprint density at radius 3 is 2.55 bits per heavy atom. The molecule has 2 aromatic heterocycles. The van der Waals surface area contributed by atoms with Crippen LogP contribution < -0.4 is 10.3 Å². The lowest BCUT2D eigenvalue weighted by atomic mass is 10.0. The van der Waals surface area contributed by atoms with Crippen molar-refractivity contribution in [2.75, 3.05) is 0 Å². The number of aryl methyl sites for hydroxylation is 2. The number of nitrogens with zero attached hydrogens (tertiary/aromatic N) is 1. The minimum atomic E-state index is -2.10. The fourth-order valence-corrected chi connectivity index (χ4v) is 3.74. The van der Waals surface area contributed by atoms with E-state index in [4.69, 9.17) is 8.97 Å². The summed E-state index contributed by atoms with van der Waals surface area (Å²) >= 11 is -2.10. The number of nitrogens with one attached hydrogen (secondary N) is 1. The van der Waals surface area contributed by atoms with Gasteiger partial charge in [-0.1, -0.05) is 30.3 Å². The standard InChI is InChI=1S/C22H20N2O4S/c1-14-8-18(13-24(2)22(14)25)19-10-15(12-23-29(26)27)9-17-11-20(28-21(17)19)16-6-4-3-5-7-16/h3-11,13,23H,12H2,1-2H3,(H,26,27). The number of fused-ring (bicyclic) bond motifs is 1. The number of hydrogen-bond donors (Lipinski definition) is 2. The molecule has 148 valence electrons. The second-order valence-electron chi connectivity index (χ2n) is 6.94. The molecule has 0 fully saturated rings. The third-order valence-electron chi connectivity index (χ3n) is 4.81. The normalized spacial score (nSPS) is 12.4. The monoisotopic (exact) mass is 408 g/mol. The van der Waals surface area contributed by atoms with E-state index in [2.05, 4.69) is 4.72 Å². The highest BCUT2D eigenvalue weighted by atomic mass is 32.2. The lowest BCUT2D eigenvalue weighted by molar-refractivity contribution is 0.548. The van der Waals surface area contributed by atoms with E-state index in [1.165, 1.54) is 0 Å². The van der Waals surface area contributed by atoms with E-state index in [1.54, 1.807) is 24.7 Å². The van der Waals surface area contributed by atoms with Gasteiger partial charge in [0.2, 0.25) is 11.3 Å². The number of benzene rings is 2. The fraction of sp³-hybridized carbons (Fsp3) is 0.136. The van der Waals surface area contributed by atoms with Crippen LogP contribution in [-0.2, 0) is 24.9 Å². The van der Waals surface area contributed by atoms with Crippen molar-refractivity contribution in [3.63, 3.8) is 0 Å². The predicted octanol–water partition coefficient (Wildman–Crippen LogP) is 4.00. The van der Waals surface area contributed by atoms with Crippen LogP contribution in [0.25, 0.3) is 33.4 Å². The molecule has 2 N–H and O–H groups in total. The Kier molecular flexibility index (Phi) is 5.19. The van der Waals surface area contributed by atoms with Gasteiger partial charge in [-0.05, 0) is 36.8 Å². The van der Waals surface area contributed by atoms with Gasteiger partial charge in [0, 0.05) is 47.4 Å². The molecule has 4 rings (SSSR count). The highest BCUT2D eigenvalue weighted by molar-refractivity contribution is 7.77.